The molecule has 1 saturated heterocycles. The lowest BCUT2D eigenvalue weighted by atomic mass is 10.0. The molecule has 124 valence electrons. The highest BCUT2D eigenvalue weighted by atomic mass is 16.2. The molecule has 1 N–H and O–H groups in total. The summed E-state index contributed by atoms with van der Waals surface area (Å²) in [6.07, 6.45) is 7.74. The van der Waals surface area contributed by atoms with Crippen LogP contribution in [0.5, 0.6) is 0 Å². The van der Waals surface area contributed by atoms with Gasteiger partial charge in [-0.2, -0.15) is 10.2 Å². The molecule has 1 fully saturated rings. The van der Waals surface area contributed by atoms with E-state index in [9.17, 15) is 4.79 Å². The zero-order valence-corrected chi connectivity index (χ0v) is 14.0. The Morgan fingerprint density at radius 1 is 1.25 bits per heavy atom. The molecule has 0 spiro atoms. The van der Waals surface area contributed by atoms with Gasteiger partial charge in [0, 0.05) is 24.7 Å². The van der Waals surface area contributed by atoms with E-state index in [0.29, 0.717) is 12.1 Å². The topological polar surface area (TPSA) is 66.8 Å². The maximum Gasteiger partial charge on any atom is 0.256 e. The molecule has 6 nitrogen and oxygen atoms in total. The number of rotatable bonds is 2. The summed E-state index contributed by atoms with van der Waals surface area (Å²) in [5, 5.41) is 12.5. The lowest BCUT2D eigenvalue weighted by molar-refractivity contribution is 0.0674. The maximum absolute atomic E-state index is 13.1. The van der Waals surface area contributed by atoms with Gasteiger partial charge in [0.2, 0.25) is 0 Å². The van der Waals surface area contributed by atoms with E-state index in [0.717, 1.165) is 41.4 Å². The van der Waals surface area contributed by atoms with Gasteiger partial charge in [-0.05, 0) is 49.9 Å². The number of hydrogen-bond acceptors (Lipinski definition) is 3. The van der Waals surface area contributed by atoms with Crippen LogP contribution in [0.15, 0.2) is 30.7 Å². The number of aryl methyl sites for hydroxylation is 2. The first-order valence-electron chi connectivity index (χ1n) is 8.35. The van der Waals surface area contributed by atoms with Crippen LogP contribution in [-0.2, 0) is 0 Å². The molecule has 6 heteroatoms. The highest BCUT2D eigenvalue weighted by molar-refractivity contribution is 6.05. The molecule has 0 saturated carbocycles. The first-order valence-corrected chi connectivity index (χ1v) is 8.35. The maximum atomic E-state index is 13.1. The fourth-order valence-electron chi connectivity index (χ4n) is 3.53. The van der Waals surface area contributed by atoms with Crippen molar-refractivity contribution in [2.75, 3.05) is 13.1 Å². The number of nitrogens with zero attached hydrogens (tertiary/aromatic N) is 4. The van der Waals surface area contributed by atoms with Crippen LogP contribution >= 0.6 is 0 Å². The second kappa shape index (κ2) is 5.78. The summed E-state index contributed by atoms with van der Waals surface area (Å²) in [5.41, 5.74) is 3.75. The molecule has 0 radical (unpaired) electrons. The molecule has 3 aromatic rings. The molecular weight excluding hydrogens is 302 g/mol. The van der Waals surface area contributed by atoms with Crippen molar-refractivity contribution in [3.05, 3.63) is 47.4 Å². The highest BCUT2D eigenvalue weighted by Gasteiger charge is 2.27. The van der Waals surface area contributed by atoms with Crippen LogP contribution in [-0.4, -0.2) is 43.9 Å². The van der Waals surface area contributed by atoms with E-state index in [2.05, 4.69) is 21.5 Å². The Hall–Kier alpha value is -2.63. The third-order valence-corrected chi connectivity index (χ3v) is 4.71. The number of likely N-dealkylation sites (tertiary alicyclic amines) is 1. The van der Waals surface area contributed by atoms with Crippen LogP contribution in [0.1, 0.15) is 40.4 Å². The summed E-state index contributed by atoms with van der Waals surface area (Å²) in [7, 11) is 0. The average molecular weight is 323 g/mol. The predicted octanol–water partition coefficient (Wildman–Crippen LogP) is 2.85. The SMILES string of the molecule is Cc1cc(C(=O)N2CCC[C@H](n3cc(C)cn3)C2)c2[nH]ncc2c1. The van der Waals surface area contributed by atoms with Gasteiger partial charge >= 0.3 is 0 Å². The van der Waals surface area contributed by atoms with Gasteiger partial charge < -0.3 is 4.90 Å². The van der Waals surface area contributed by atoms with Gasteiger partial charge in [-0.1, -0.05) is 0 Å². The first-order chi connectivity index (χ1) is 11.6. The molecular formula is C18H21N5O. The van der Waals surface area contributed by atoms with Crippen LogP contribution in [0.25, 0.3) is 10.9 Å². The molecule has 24 heavy (non-hydrogen) atoms. The number of nitrogens with one attached hydrogen (secondary N) is 1. The highest BCUT2D eigenvalue weighted by Crippen LogP contribution is 2.25. The van der Waals surface area contributed by atoms with E-state index in [1.165, 1.54) is 0 Å². The van der Waals surface area contributed by atoms with Crippen LogP contribution in [0.4, 0.5) is 0 Å². The van der Waals surface area contributed by atoms with Gasteiger partial charge in [0.05, 0.1) is 29.5 Å². The largest absolute Gasteiger partial charge is 0.336 e. The number of benzene rings is 1. The summed E-state index contributed by atoms with van der Waals surface area (Å²) in [5.74, 6) is 0.0709. The standard InChI is InChI=1S/C18H21N5O/c1-12-6-14-9-19-21-17(14)16(7-12)18(24)22-5-3-4-15(11-22)23-10-13(2)8-20-23/h6-10,15H,3-5,11H2,1-2H3,(H,19,21)/t15-/m0/s1. The zero-order valence-electron chi connectivity index (χ0n) is 14.0. The monoisotopic (exact) mass is 323 g/mol. The van der Waals surface area contributed by atoms with Crippen molar-refractivity contribution in [2.45, 2.75) is 32.7 Å². The molecule has 3 heterocycles. The smallest absolute Gasteiger partial charge is 0.256 e. The number of fused-ring (bicyclic) bond motifs is 1. The molecule has 4 rings (SSSR count). The number of hydrogen-bond donors (Lipinski definition) is 1. The van der Waals surface area contributed by atoms with Gasteiger partial charge in [0.25, 0.3) is 5.91 Å². The van der Waals surface area contributed by atoms with Gasteiger partial charge in [-0.25, -0.2) is 0 Å². The van der Waals surface area contributed by atoms with Crippen LogP contribution in [0, 0.1) is 13.8 Å². The molecule has 1 aliphatic heterocycles. The molecule has 0 unspecified atom stereocenters. The first kappa shape index (κ1) is 14.9. The second-order valence-corrected chi connectivity index (χ2v) is 6.69. The molecule has 1 aromatic carbocycles. The molecule has 1 amide bonds. The Morgan fingerprint density at radius 2 is 2.12 bits per heavy atom. The number of piperidine rings is 1. The van der Waals surface area contributed by atoms with Crippen molar-refractivity contribution in [3.8, 4) is 0 Å². The molecule has 0 aliphatic carbocycles. The van der Waals surface area contributed by atoms with Gasteiger partial charge in [-0.15, -0.1) is 0 Å². The third-order valence-electron chi connectivity index (χ3n) is 4.71. The summed E-state index contributed by atoms with van der Waals surface area (Å²) in [6, 6.07) is 4.24. The van der Waals surface area contributed by atoms with E-state index in [1.807, 2.05) is 41.8 Å². The minimum absolute atomic E-state index is 0.0709. The Balaban J connectivity index is 1.62. The fourth-order valence-corrected chi connectivity index (χ4v) is 3.53. The van der Waals surface area contributed by atoms with Crippen LogP contribution in [0.2, 0.25) is 0 Å². The summed E-state index contributed by atoms with van der Waals surface area (Å²) in [4.78, 5) is 15.0. The average Bonchev–Trinajstić information content (AvgIpc) is 3.22. The molecule has 2 aromatic heterocycles. The van der Waals surface area contributed by atoms with Crippen molar-refractivity contribution in [1.82, 2.24) is 24.9 Å². The number of aromatic nitrogens is 4. The van der Waals surface area contributed by atoms with E-state index in [-0.39, 0.29) is 11.9 Å². The van der Waals surface area contributed by atoms with Crippen molar-refractivity contribution >= 4 is 16.8 Å². The lowest BCUT2D eigenvalue weighted by Crippen LogP contribution is -2.41. The Bertz CT molecular complexity index is 894. The Morgan fingerprint density at radius 3 is 2.92 bits per heavy atom. The summed E-state index contributed by atoms with van der Waals surface area (Å²) < 4.78 is 2.00. The van der Waals surface area contributed by atoms with E-state index < -0.39 is 0 Å². The lowest BCUT2D eigenvalue weighted by Gasteiger charge is -2.33. The van der Waals surface area contributed by atoms with Gasteiger partial charge in [0.1, 0.15) is 0 Å². The van der Waals surface area contributed by atoms with Crippen LogP contribution < -0.4 is 0 Å². The number of aromatic amines is 1. The number of H-pyrrole nitrogens is 1. The summed E-state index contributed by atoms with van der Waals surface area (Å²) in [6.45, 7) is 5.54. The van der Waals surface area contributed by atoms with Crippen LogP contribution in [0.3, 0.4) is 0 Å². The quantitative estimate of drug-likeness (QED) is 0.788. The normalized spacial score (nSPS) is 18.2. The minimum Gasteiger partial charge on any atom is -0.336 e. The van der Waals surface area contributed by atoms with Crippen molar-refractivity contribution in [1.29, 1.82) is 0 Å². The van der Waals surface area contributed by atoms with E-state index >= 15 is 0 Å². The zero-order chi connectivity index (χ0) is 16.7. The third kappa shape index (κ3) is 2.58. The van der Waals surface area contributed by atoms with E-state index in [1.54, 1.807) is 6.20 Å². The summed E-state index contributed by atoms with van der Waals surface area (Å²) >= 11 is 0. The number of amides is 1. The molecule has 1 aliphatic rings. The fraction of sp³-hybridized carbons (Fsp3) is 0.389. The number of carbonyl (C=O) groups is 1. The molecule has 0 bridgehead atoms. The van der Waals surface area contributed by atoms with E-state index in [4.69, 9.17) is 0 Å². The predicted molar refractivity (Wildman–Crippen MR) is 92.0 cm³/mol. The Labute approximate surface area is 140 Å². The van der Waals surface area contributed by atoms with Gasteiger partial charge in [-0.3, -0.25) is 14.6 Å². The second-order valence-electron chi connectivity index (χ2n) is 6.69. The van der Waals surface area contributed by atoms with Crippen molar-refractivity contribution in [2.24, 2.45) is 0 Å². The van der Waals surface area contributed by atoms with Gasteiger partial charge in [0.15, 0.2) is 0 Å². The molecule has 1 atom stereocenters. The van der Waals surface area contributed by atoms with Crippen molar-refractivity contribution in [3.63, 3.8) is 0 Å². The Kier molecular flexibility index (Phi) is 3.59. The number of carbonyl (C=O) groups excluding carboxylic acids is 1. The minimum atomic E-state index is 0.0709. The van der Waals surface area contributed by atoms with Crippen molar-refractivity contribution < 1.29 is 4.79 Å².